The number of phenols is 1. The number of aryl methyl sites for hydroxylation is 2. The molecule has 4 rings (SSSR count). The Morgan fingerprint density at radius 3 is 2.20 bits per heavy atom. The summed E-state index contributed by atoms with van der Waals surface area (Å²) in [5.41, 5.74) is 1.79. The van der Waals surface area contributed by atoms with E-state index in [-0.39, 0.29) is 35.2 Å². The average molecular weight is 408 g/mol. The highest BCUT2D eigenvalue weighted by molar-refractivity contribution is 5.97. The lowest BCUT2D eigenvalue weighted by molar-refractivity contribution is -0.132. The quantitative estimate of drug-likeness (QED) is 0.707. The molecular weight excluding hydrogens is 384 g/mol. The zero-order chi connectivity index (χ0) is 21.3. The van der Waals surface area contributed by atoms with Gasteiger partial charge in [0.2, 0.25) is 5.91 Å². The van der Waals surface area contributed by atoms with Crippen molar-refractivity contribution < 1.29 is 14.7 Å². The Kier molecular flexibility index (Phi) is 5.31. The first-order chi connectivity index (χ1) is 14.5. The lowest BCUT2D eigenvalue weighted by Crippen LogP contribution is -2.50. The molecule has 0 spiro atoms. The SMILES string of the molecule is Cn1c(=O)n(CCC(=O)N2CCN(C(=O)c3ccccc3O)CC2)c2ccccc21. The van der Waals surface area contributed by atoms with Crippen LogP contribution in [-0.2, 0) is 18.4 Å². The van der Waals surface area contributed by atoms with Crippen LogP contribution < -0.4 is 5.69 Å². The van der Waals surface area contributed by atoms with Crippen LogP contribution in [0.25, 0.3) is 11.0 Å². The first-order valence-electron chi connectivity index (χ1n) is 9.96. The fourth-order valence-electron chi connectivity index (χ4n) is 3.93. The lowest BCUT2D eigenvalue weighted by atomic mass is 10.1. The van der Waals surface area contributed by atoms with Crippen molar-refractivity contribution in [3.63, 3.8) is 0 Å². The number of hydrogen-bond donors (Lipinski definition) is 1. The molecule has 0 aliphatic carbocycles. The van der Waals surface area contributed by atoms with Crippen LogP contribution >= 0.6 is 0 Å². The van der Waals surface area contributed by atoms with E-state index in [1.165, 1.54) is 6.07 Å². The van der Waals surface area contributed by atoms with Crippen molar-refractivity contribution in [2.45, 2.75) is 13.0 Å². The second-order valence-corrected chi connectivity index (χ2v) is 7.42. The van der Waals surface area contributed by atoms with Gasteiger partial charge in [0.15, 0.2) is 0 Å². The standard InChI is InChI=1S/C22H24N4O4/c1-23-17-7-3-4-8-18(17)26(22(23)30)11-10-20(28)24-12-14-25(15-13-24)21(29)16-6-2-5-9-19(16)27/h2-9,27H,10-15H2,1H3. The van der Waals surface area contributed by atoms with E-state index in [1.54, 1.807) is 44.2 Å². The molecule has 2 aromatic carbocycles. The number of phenolic OH excluding ortho intramolecular Hbond substituents is 1. The van der Waals surface area contributed by atoms with Crippen LogP contribution in [0.4, 0.5) is 0 Å². The molecule has 3 aromatic rings. The van der Waals surface area contributed by atoms with Gasteiger partial charge in [-0.25, -0.2) is 4.79 Å². The lowest BCUT2D eigenvalue weighted by Gasteiger charge is -2.35. The third-order valence-electron chi connectivity index (χ3n) is 5.66. The highest BCUT2D eigenvalue weighted by Crippen LogP contribution is 2.19. The molecule has 1 aromatic heterocycles. The molecule has 1 aliphatic rings. The van der Waals surface area contributed by atoms with Crippen molar-refractivity contribution in [1.82, 2.24) is 18.9 Å². The number of carbonyl (C=O) groups is 2. The summed E-state index contributed by atoms with van der Waals surface area (Å²) in [7, 11) is 1.73. The Morgan fingerprint density at radius 2 is 1.50 bits per heavy atom. The Morgan fingerprint density at radius 1 is 0.900 bits per heavy atom. The second-order valence-electron chi connectivity index (χ2n) is 7.42. The fourth-order valence-corrected chi connectivity index (χ4v) is 3.93. The Bertz CT molecular complexity index is 1160. The molecular formula is C22H24N4O4. The molecule has 0 atom stereocenters. The number of hydrogen-bond acceptors (Lipinski definition) is 4. The molecule has 1 aliphatic heterocycles. The highest BCUT2D eigenvalue weighted by atomic mass is 16.3. The number of piperazine rings is 1. The molecule has 156 valence electrons. The van der Waals surface area contributed by atoms with Gasteiger partial charge < -0.3 is 14.9 Å². The van der Waals surface area contributed by atoms with Crippen LogP contribution in [0.1, 0.15) is 16.8 Å². The number of para-hydroxylation sites is 3. The second kappa shape index (κ2) is 8.06. The smallest absolute Gasteiger partial charge is 0.328 e. The van der Waals surface area contributed by atoms with Gasteiger partial charge in [-0.1, -0.05) is 24.3 Å². The fraction of sp³-hybridized carbons (Fsp3) is 0.318. The summed E-state index contributed by atoms with van der Waals surface area (Å²) in [5.74, 6) is -0.312. The minimum absolute atomic E-state index is 0.0375. The number of amides is 2. The molecule has 8 heteroatoms. The number of aromatic nitrogens is 2. The number of carbonyl (C=O) groups excluding carboxylic acids is 2. The van der Waals surface area contributed by atoms with E-state index in [0.29, 0.717) is 32.7 Å². The molecule has 2 heterocycles. The Labute approximate surface area is 173 Å². The molecule has 1 fully saturated rings. The number of nitrogens with zero attached hydrogens (tertiary/aromatic N) is 4. The normalized spacial score (nSPS) is 14.3. The summed E-state index contributed by atoms with van der Waals surface area (Å²) >= 11 is 0. The van der Waals surface area contributed by atoms with Gasteiger partial charge in [-0.3, -0.25) is 18.7 Å². The third kappa shape index (κ3) is 3.56. The van der Waals surface area contributed by atoms with Crippen LogP contribution in [0, 0.1) is 0 Å². The van der Waals surface area contributed by atoms with Crippen LogP contribution in [-0.4, -0.2) is 62.0 Å². The van der Waals surface area contributed by atoms with Gasteiger partial charge in [-0.2, -0.15) is 0 Å². The molecule has 1 saturated heterocycles. The van der Waals surface area contributed by atoms with Gasteiger partial charge in [0.1, 0.15) is 5.75 Å². The molecule has 8 nitrogen and oxygen atoms in total. The van der Waals surface area contributed by atoms with E-state index in [9.17, 15) is 19.5 Å². The van der Waals surface area contributed by atoms with Crippen LogP contribution in [0.5, 0.6) is 5.75 Å². The highest BCUT2D eigenvalue weighted by Gasteiger charge is 2.26. The molecule has 0 radical (unpaired) electrons. The van der Waals surface area contributed by atoms with Gasteiger partial charge >= 0.3 is 5.69 Å². The molecule has 0 saturated carbocycles. The van der Waals surface area contributed by atoms with E-state index in [2.05, 4.69) is 0 Å². The van der Waals surface area contributed by atoms with Crippen molar-refractivity contribution in [3.8, 4) is 5.75 Å². The first kappa shape index (κ1) is 19.8. The summed E-state index contributed by atoms with van der Waals surface area (Å²) in [6.07, 6.45) is 0.224. The largest absolute Gasteiger partial charge is 0.507 e. The van der Waals surface area contributed by atoms with E-state index in [4.69, 9.17) is 0 Å². The van der Waals surface area contributed by atoms with Gasteiger partial charge in [0.05, 0.1) is 16.6 Å². The van der Waals surface area contributed by atoms with Crippen molar-refractivity contribution in [1.29, 1.82) is 0 Å². The predicted octanol–water partition coefficient (Wildman–Crippen LogP) is 1.42. The summed E-state index contributed by atoms with van der Waals surface area (Å²) in [6.45, 7) is 2.00. The van der Waals surface area contributed by atoms with Gasteiger partial charge in [0.25, 0.3) is 5.91 Å². The van der Waals surface area contributed by atoms with Crippen molar-refractivity contribution >= 4 is 22.8 Å². The van der Waals surface area contributed by atoms with Crippen molar-refractivity contribution in [3.05, 3.63) is 64.6 Å². The molecule has 1 N–H and O–H groups in total. The molecule has 30 heavy (non-hydrogen) atoms. The summed E-state index contributed by atoms with van der Waals surface area (Å²) in [6, 6.07) is 14.0. The summed E-state index contributed by atoms with van der Waals surface area (Å²) in [4.78, 5) is 41.1. The van der Waals surface area contributed by atoms with Crippen LogP contribution in [0.3, 0.4) is 0 Å². The zero-order valence-electron chi connectivity index (χ0n) is 16.8. The Balaban J connectivity index is 1.37. The van der Waals surface area contributed by atoms with Crippen LogP contribution in [0.15, 0.2) is 53.3 Å². The average Bonchev–Trinajstić information content (AvgIpc) is 3.02. The minimum Gasteiger partial charge on any atom is -0.507 e. The monoisotopic (exact) mass is 408 g/mol. The number of aromatic hydroxyl groups is 1. The first-order valence-corrected chi connectivity index (χ1v) is 9.96. The van der Waals surface area contributed by atoms with E-state index < -0.39 is 0 Å². The number of fused-ring (bicyclic) bond motifs is 1. The molecule has 0 unspecified atom stereocenters. The van der Waals surface area contributed by atoms with E-state index in [1.807, 2.05) is 24.3 Å². The van der Waals surface area contributed by atoms with E-state index >= 15 is 0 Å². The van der Waals surface area contributed by atoms with Crippen molar-refractivity contribution in [2.75, 3.05) is 26.2 Å². The summed E-state index contributed by atoms with van der Waals surface area (Å²) < 4.78 is 3.22. The number of benzene rings is 2. The topological polar surface area (TPSA) is 87.8 Å². The maximum atomic E-state index is 12.7. The van der Waals surface area contributed by atoms with Gasteiger partial charge in [0, 0.05) is 46.2 Å². The maximum absolute atomic E-state index is 12.7. The van der Waals surface area contributed by atoms with Crippen molar-refractivity contribution in [2.24, 2.45) is 7.05 Å². The predicted molar refractivity (Wildman–Crippen MR) is 112 cm³/mol. The summed E-state index contributed by atoms with van der Waals surface area (Å²) in [5, 5.41) is 9.89. The molecule has 0 bridgehead atoms. The zero-order valence-corrected chi connectivity index (χ0v) is 16.8. The number of imidazole rings is 1. The minimum atomic E-state index is -0.234. The third-order valence-corrected chi connectivity index (χ3v) is 5.66. The van der Waals surface area contributed by atoms with Gasteiger partial charge in [-0.05, 0) is 24.3 Å². The Hall–Kier alpha value is -3.55. The van der Waals surface area contributed by atoms with Crippen LogP contribution in [0.2, 0.25) is 0 Å². The number of rotatable bonds is 4. The van der Waals surface area contributed by atoms with E-state index in [0.717, 1.165) is 11.0 Å². The molecule has 2 amide bonds. The maximum Gasteiger partial charge on any atom is 0.328 e. The van der Waals surface area contributed by atoms with Gasteiger partial charge in [-0.15, -0.1) is 0 Å².